The molecule has 0 aliphatic carbocycles. The second-order valence-electron chi connectivity index (χ2n) is 10.6. The summed E-state index contributed by atoms with van der Waals surface area (Å²) in [5, 5.41) is 3.28. The Balaban J connectivity index is 1.38. The fourth-order valence-electron chi connectivity index (χ4n) is 5.63. The molecular formula is C31H34N8O3. The van der Waals surface area contributed by atoms with Crippen molar-refractivity contribution in [2.24, 2.45) is 0 Å². The highest BCUT2D eigenvalue weighted by Gasteiger charge is 2.30. The van der Waals surface area contributed by atoms with Crippen LogP contribution in [-0.2, 0) is 4.79 Å². The number of ether oxygens (including phenoxy) is 1. The molecule has 2 aromatic carbocycles. The van der Waals surface area contributed by atoms with E-state index in [1.807, 2.05) is 42.5 Å². The second kappa shape index (κ2) is 11.6. The number of benzene rings is 2. The van der Waals surface area contributed by atoms with Crippen molar-refractivity contribution in [3.8, 4) is 17.0 Å². The molecule has 6 rings (SSSR count). The maximum atomic E-state index is 14.0. The Labute approximate surface area is 244 Å². The minimum atomic E-state index is -0.269. The van der Waals surface area contributed by atoms with Gasteiger partial charge in [0.2, 0.25) is 11.9 Å². The van der Waals surface area contributed by atoms with Gasteiger partial charge >= 0.3 is 0 Å². The number of carbonyl (C=O) groups is 1. The van der Waals surface area contributed by atoms with Gasteiger partial charge in [-0.3, -0.25) is 14.2 Å². The van der Waals surface area contributed by atoms with E-state index in [2.05, 4.69) is 44.8 Å². The van der Waals surface area contributed by atoms with E-state index in [-0.39, 0.29) is 17.5 Å². The van der Waals surface area contributed by atoms with Gasteiger partial charge in [0, 0.05) is 56.6 Å². The molecule has 0 spiro atoms. The number of nitrogens with one attached hydrogen (secondary N) is 1. The number of likely N-dealkylation sites (tertiary alicyclic amines) is 1. The summed E-state index contributed by atoms with van der Waals surface area (Å²) in [6, 6.07) is 15.1. The van der Waals surface area contributed by atoms with Crippen LogP contribution in [0.3, 0.4) is 0 Å². The molecule has 216 valence electrons. The maximum absolute atomic E-state index is 14.0. The predicted octanol–water partition coefficient (Wildman–Crippen LogP) is 3.32. The first-order valence-corrected chi connectivity index (χ1v) is 14.1. The van der Waals surface area contributed by atoms with Gasteiger partial charge in [-0.2, -0.15) is 4.98 Å². The fourth-order valence-corrected chi connectivity index (χ4v) is 5.63. The Morgan fingerprint density at radius 2 is 1.86 bits per heavy atom. The van der Waals surface area contributed by atoms with Crippen molar-refractivity contribution in [3.63, 3.8) is 0 Å². The number of rotatable bonds is 7. The molecule has 4 aromatic rings. The molecule has 42 heavy (non-hydrogen) atoms. The largest absolute Gasteiger partial charge is 0.494 e. The quantitative estimate of drug-likeness (QED) is 0.337. The smallest absolute Gasteiger partial charge is 0.279 e. The number of fused-ring (bicyclic) bond motifs is 1. The summed E-state index contributed by atoms with van der Waals surface area (Å²) in [6.07, 6.45) is 3.54. The summed E-state index contributed by atoms with van der Waals surface area (Å²) in [5.74, 6) is 0.823. The Morgan fingerprint density at radius 3 is 2.60 bits per heavy atom. The Morgan fingerprint density at radius 1 is 1.07 bits per heavy atom. The van der Waals surface area contributed by atoms with Crippen molar-refractivity contribution < 1.29 is 9.53 Å². The Hall–Kier alpha value is -4.77. The highest BCUT2D eigenvalue weighted by molar-refractivity contribution is 5.87. The zero-order chi connectivity index (χ0) is 29.2. The topological polar surface area (TPSA) is 109 Å². The maximum Gasteiger partial charge on any atom is 0.279 e. The van der Waals surface area contributed by atoms with Crippen molar-refractivity contribution in [2.75, 3.05) is 63.6 Å². The number of anilines is 3. The third-order valence-electron chi connectivity index (χ3n) is 7.99. The molecule has 11 nitrogen and oxygen atoms in total. The lowest BCUT2D eigenvalue weighted by molar-refractivity contribution is -0.125. The molecule has 0 radical (unpaired) electrons. The lowest BCUT2D eigenvalue weighted by atomic mass is 10.1. The molecule has 2 aromatic heterocycles. The fraction of sp³-hybridized carbons (Fsp3) is 0.323. The molecule has 2 aliphatic heterocycles. The zero-order valence-electron chi connectivity index (χ0n) is 23.9. The number of carbonyl (C=O) groups excluding carboxylic acids is 1. The molecule has 2 saturated heterocycles. The van der Waals surface area contributed by atoms with Crippen LogP contribution in [0.2, 0.25) is 0 Å². The van der Waals surface area contributed by atoms with Crippen LogP contribution >= 0.6 is 0 Å². The van der Waals surface area contributed by atoms with Crippen LogP contribution in [0, 0.1) is 0 Å². The van der Waals surface area contributed by atoms with Crippen LogP contribution in [0.25, 0.3) is 22.4 Å². The third-order valence-corrected chi connectivity index (χ3v) is 7.99. The van der Waals surface area contributed by atoms with Gasteiger partial charge in [0.1, 0.15) is 17.0 Å². The van der Waals surface area contributed by atoms with E-state index >= 15 is 0 Å². The summed E-state index contributed by atoms with van der Waals surface area (Å²) in [4.78, 5) is 46.7. The van der Waals surface area contributed by atoms with Crippen LogP contribution in [0.4, 0.5) is 17.3 Å². The SMILES string of the molecule is C=CC(=O)N1CCC(n2c(=O)c(-c3ccccc3)nc3cnc(Nc4ccc(N5CCN(C)CC5)cc4OC)nc32)C1. The standard InChI is InChI=1S/C31H34N8O3/c1-4-27(40)38-13-12-23(20-38)39-29-25(33-28(30(39)41)21-8-6-5-7-9-21)19-32-31(35-29)34-24-11-10-22(18-26(24)42-3)37-16-14-36(2)15-17-37/h4-11,18-19,23H,1,12-17,20H2,2-3H3,(H,32,34,35). The van der Waals surface area contributed by atoms with E-state index in [9.17, 15) is 9.59 Å². The van der Waals surface area contributed by atoms with E-state index in [1.165, 1.54) is 6.08 Å². The van der Waals surface area contributed by atoms with Gasteiger partial charge in [0.25, 0.3) is 5.56 Å². The van der Waals surface area contributed by atoms with Crippen molar-refractivity contribution in [1.29, 1.82) is 0 Å². The number of hydrogen-bond donors (Lipinski definition) is 1. The highest BCUT2D eigenvalue weighted by atomic mass is 16.5. The first-order chi connectivity index (χ1) is 20.4. The first-order valence-electron chi connectivity index (χ1n) is 14.1. The summed E-state index contributed by atoms with van der Waals surface area (Å²) >= 11 is 0. The van der Waals surface area contributed by atoms with Gasteiger partial charge in [-0.25, -0.2) is 9.97 Å². The molecule has 2 fully saturated rings. The summed E-state index contributed by atoms with van der Waals surface area (Å²) in [7, 11) is 3.77. The van der Waals surface area contributed by atoms with Crippen LogP contribution in [0.5, 0.6) is 5.75 Å². The van der Waals surface area contributed by atoms with Gasteiger partial charge in [-0.15, -0.1) is 0 Å². The van der Waals surface area contributed by atoms with Gasteiger partial charge < -0.3 is 24.8 Å². The van der Waals surface area contributed by atoms with Gasteiger partial charge in [0.05, 0.1) is 25.0 Å². The number of aromatic nitrogens is 4. The van der Waals surface area contributed by atoms with E-state index in [4.69, 9.17) is 9.72 Å². The second-order valence-corrected chi connectivity index (χ2v) is 10.6. The van der Waals surface area contributed by atoms with E-state index < -0.39 is 0 Å². The van der Waals surface area contributed by atoms with E-state index in [1.54, 1.807) is 22.8 Å². The van der Waals surface area contributed by atoms with Gasteiger partial charge in [-0.05, 0) is 31.7 Å². The van der Waals surface area contributed by atoms with E-state index in [0.29, 0.717) is 59.3 Å². The normalized spacial score (nSPS) is 17.4. The first kappa shape index (κ1) is 27.4. The lowest BCUT2D eigenvalue weighted by Crippen LogP contribution is -2.44. The molecule has 1 N–H and O–H groups in total. The monoisotopic (exact) mass is 566 g/mol. The van der Waals surface area contributed by atoms with Gasteiger partial charge in [0.15, 0.2) is 5.65 Å². The van der Waals surface area contributed by atoms with Crippen LogP contribution in [0.15, 0.2) is 72.2 Å². The van der Waals surface area contributed by atoms with Crippen molar-refractivity contribution in [2.45, 2.75) is 12.5 Å². The molecule has 2 aliphatic rings. The number of likely N-dealkylation sites (N-methyl/N-ethyl adjacent to an activating group) is 1. The molecule has 11 heteroatoms. The van der Waals surface area contributed by atoms with Crippen molar-refractivity contribution in [1.82, 2.24) is 29.3 Å². The highest BCUT2D eigenvalue weighted by Crippen LogP contribution is 2.32. The average molecular weight is 567 g/mol. The molecule has 4 heterocycles. The number of hydrogen-bond acceptors (Lipinski definition) is 9. The molecule has 0 bridgehead atoms. The minimum absolute atomic E-state index is 0.156. The average Bonchev–Trinajstić information content (AvgIpc) is 3.51. The number of piperazine rings is 1. The third kappa shape index (κ3) is 5.30. The number of methoxy groups -OCH3 is 1. The predicted molar refractivity (Wildman–Crippen MR) is 163 cm³/mol. The zero-order valence-corrected chi connectivity index (χ0v) is 23.9. The van der Waals surface area contributed by atoms with Crippen molar-refractivity contribution in [3.05, 3.63) is 77.7 Å². The van der Waals surface area contributed by atoms with Crippen LogP contribution in [-0.4, -0.2) is 88.7 Å². The molecule has 1 unspecified atom stereocenters. The molecule has 0 saturated carbocycles. The lowest BCUT2D eigenvalue weighted by Gasteiger charge is -2.34. The van der Waals surface area contributed by atoms with Crippen LogP contribution in [0.1, 0.15) is 12.5 Å². The Kier molecular flexibility index (Phi) is 7.58. The molecule has 1 atom stereocenters. The summed E-state index contributed by atoms with van der Waals surface area (Å²) in [5.41, 5.74) is 3.47. The molecular weight excluding hydrogens is 532 g/mol. The van der Waals surface area contributed by atoms with Gasteiger partial charge in [-0.1, -0.05) is 36.9 Å². The number of nitrogens with zero attached hydrogens (tertiary/aromatic N) is 7. The van der Waals surface area contributed by atoms with Crippen molar-refractivity contribution >= 4 is 34.4 Å². The summed E-state index contributed by atoms with van der Waals surface area (Å²) in [6.45, 7) is 8.44. The Bertz CT molecular complexity index is 1680. The summed E-state index contributed by atoms with van der Waals surface area (Å²) < 4.78 is 7.39. The van der Waals surface area contributed by atoms with Crippen LogP contribution < -0.4 is 20.5 Å². The number of amides is 1. The molecule has 1 amide bonds. The van der Waals surface area contributed by atoms with E-state index in [0.717, 1.165) is 31.9 Å². The minimum Gasteiger partial charge on any atom is -0.494 e.